The summed E-state index contributed by atoms with van der Waals surface area (Å²) in [5.74, 6) is 0. The van der Waals surface area contributed by atoms with E-state index in [0.717, 1.165) is 24.5 Å². The van der Waals surface area contributed by atoms with Gasteiger partial charge in [-0.1, -0.05) is 51.8 Å². The third-order valence-corrected chi connectivity index (χ3v) is 4.30. The maximum absolute atomic E-state index is 6.47. The van der Waals surface area contributed by atoms with Crippen LogP contribution in [0.25, 0.3) is 0 Å². The molecule has 3 heteroatoms. The molecule has 1 N–H and O–H groups in total. The maximum Gasteiger partial charge on any atom is 0.0471 e. The average Bonchev–Trinajstić information content (AvgIpc) is 2.46. The Labute approximate surface area is 135 Å². The van der Waals surface area contributed by atoms with Gasteiger partial charge in [0, 0.05) is 35.9 Å². The van der Waals surface area contributed by atoms with Gasteiger partial charge in [0.15, 0.2) is 0 Å². The van der Waals surface area contributed by atoms with Crippen molar-refractivity contribution >= 4 is 17.3 Å². The van der Waals surface area contributed by atoms with Crippen molar-refractivity contribution in [2.24, 2.45) is 0 Å². The van der Waals surface area contributed by atoms with E-state index in [1.165, 1.54) is 24.1 Å². The number of nitrogens with one attached hydrogen (secondary N) is 1. The number of unbranched alkanes of at least 4 members (excludes halogenated alkanes) is 1. The molecule has 0 heterocycles. The lowest BCUT2D eigenvalue weighted by Crippen LogP contribution is -2.33. The lowest BCUT2D eigenvalue weighted by Gasteiger charge is -2.31. The second kappa shape index (κ2) is 9.32. The van der Waals surface area contributed by atoms with Crippen molar-refractivity contribution < 1.29 is 0 Å². The van der Waals surface area contributed by atoms with Crippen LogP contribution in [0.5, 0.6) is 0 Å². The summed E-state index contributed by atoms with van der Waals surface area (Å²) in [6.45, 7) is 13.0. The van der Waals surface area contributed by atoms with Crippen LogP contribution in [0.1, 0.15) is 59.4 Å². The van der Waals surface area contributed by atoms with E-state index in [-0.39, 0.29) is 0 Å². The highest BCUT2D eigenvalue weighted by Gasteiger charge is 2.14. The number of hydrogen-bond donors (Lipinski definition) is 1. The van der Waals surface area contributed by atoms with Gasteiger partial charge in [-0.15, -0.1) is 0 Å². The number of nitrogens with zero attached hydrogens (tertiary/aromatic N) is 1. The van der Waals surface area contributed by atoms with Crippen LogP contribution < -0.4 is 10.2 Å². The van der Waals surface area contributed by atoms with Crippen molar-refractivity contribution in [2.45, 2.75) is 72.5 Å². The summed E-state index contributed by atoms with van der Waals surface area (Å²) in [4.78, 5) is 2.48. The van der Waals surface area contributed by atoms with Crippen LogP contribution in [0, 0.1) is 0 Å². The van der Waals surface area contributed by atoms with Crippen LogP contribution in [0.15, 0.2) is 18.2 Å². The van der Waals surface area contributed by atoms with Crippen molar-refractivity contribution in [1.29, 1.82) is 0 Å². The van der Waals surface area contributed by atoms with Crippen LogP contribution in [-0.2, 0) is 6.54 Å². The normalized spacial score (nSPS) is 12.7. The largest absolute Gasteiger partial charge is 0.369 e. The molecule has 1 rings (SSSR count). The zero-order valence-corrected chi connectivity index (χ0v) is 15.0. The van der Waals surface area contributed by atoms with E-state index in [2.05, 4.69) is 63.0 Å². The Kier molecular flexibility index (Phi) is 8.13. The molecule has 0 aliphatic carbocycles. The van der Waals surface area contributed by atoms with E-state index in [9.17, 15) is 0 Å². The molecule has 0 bridgehead atoms. The quantitative estimate of drug-likeness (QED) is 0.670. The number of anilines is 1. The fraction of sp³-hybridized carbons (Fsp3) is 0.667. The molecule has 0 aliphatic heterocycles. The molecule has 0 amide bonds. The molecular weight excluding hydrogens is 280 g/mol. The topological polar surface area (TPSA) is 15.3 Å². The van der Waals surface area contributed by atoms with Gasteiger partial charge in [-0.2, -0.15) is 0 Å². The summed E-state index contributed by atoms with van der Waals surface area (Å²) >= 11 is 6.47. The van der Waals surface area contributed by atoms with Crippen molar-refractivity contribution in [3.05, 3.63) is 28.8 Å². The van der Waals surface area contributed by atoms with Gasteiger partial charge in [-0.25, -0.2) is 0 Å². The minimum absolute atomic E-state index is 0.474. The Morgan fingerprint density at radius 3 is 2.43 bits per heavy atom. The second-order valence-corrected chi connectivity index (χ2v) is 6.52. The molecule has 1 aromatic carbocycles. The summed E-state index contributed by atoms with van der Waals surface area (Å²) in [6, 6.07) is 7.52. The molecule has 120 valence electrons. The SMILES string of the molecule is CCCCN(c1ccc(CNC(C)C)c(Cl)c1)C(C)CC. The Balaban J connectivity index is 2.87. The maximum atomic E-state index is 6.47. The summed E-state index contributed by atoms with van der Waals surface area (Å²) in [5, 5.41) is 4.29. The van der Waals surface area contributed by atoms with Crippen molar-refractivity contribution in [3.8, 4) is 0 Å². The van der Waals surface area contributed by atoms with E-state index >= 15 is 0 Å². The highest BCUT2D eigenvalue weighted by Crippen LogP contribution is 2.26. The zero-order chi connectivity index (χ0) is 15.8. The number of halogens is 1. The third kappa shape index (κ3) is 5.88. The minimum atomic E-state index is 0.474. The minimum Gasteiger partial charge on any atom is -0.369 e. The molecule has 1 unspecified atom stereocenters. The van der Waals surface area contributed by atoms with Crippen LogP contribution in [0.4, 0.5) is 5.69 Å². The molecule has 0 fully saturated rings. The molecule has 1 aromatic rings. The zero-order valence-electron chi connectivity index (χ0n) is 14.2. The van der Waals surface area contributed by atoms with Crippen LogP contribution >= 0.6 is 11.6 Å². The first-order valence-electron chi connectivity index (χ1n) is 8.28. The van der Waals surface area contributed by atoms with Crippen LogP contribution in [0.3, 0.4) is 0 Å². The first-order chi connectivity index (χ1) is 9.99. The summed E-state index contributed by atoms with van der Waals surface area (Å²) in [7, 11) is 0. The smallest absolute Gasteiger partial charge is 0.0471 e. The summed E-state index contributed by atoms with van der Waals surface area (Å²) in [6.07, 6.45) is 3.59. The van der Waals surface area contributed by atoms with Crippen LogP contribution in [0.2, 0.25) is 5.02 Å². The van der Waals surface area contributed by atoms with Crippen molar-refractivity contribution in [3.63, 3.8) is 0 Å². The molecule has 0 aliphatic rings. The Bertz CT molecular complexity index is 418. The number of benzene rings is 1. The fourth-order valence-corrected chi connectivity index (χ4v) is 2.57. The Hall–Kier alpha value is -0.730. The predicted octanol–water partition coefficient (Wildman–Crippen LogP) is 5.24. The highest BCUT2D eigenvalue weighted by atomic mass is 35.5. The lowest BCUT2D eigenvalue weighted by atomic mass is 10.1. The van der Waals surface area contributed by atoms with Gasteiger partial charge in [-0.05, 0) is 37.5 Å². The van der Waals surface area contributed by atoms with Gasteiger partial charge in [0.2, 0.25) is 0 Å². The van der Waals surface area contributed by atoms with Crippen molar-refractivity contribution in [2.75, 3.05) is 11.4 Å². The first kappa shape index (κ1) is 18.3. The molecule has 0 radical (unpaired) electrons. The van der Waals surface area contributed by atoms with Gasteiger partial charge in [0.25, 0.3) is 0 Å². The second-order valence-electron chi connectivity index (χ2n) is 6.12. The Morgan fingerprint density at radius 1 is 1.19 bits per heavy atom. The van der Waals surface area contributed by atoms with Crippen molar-refractivity contribution in [1.82, 2.24) is 5.32 Å². The predicted molar refractivity (Wildman–Crippen MR) is 95.4 cm³/mol. The molecule has 21 heavy (non-hydrogen) atoms. The molecule has 2 nitrogen and oxygen atoms in total. The van der Waals surface area contributed by atoms with E-state index in [1.807, 2.05) is 0 Å². The molecule has 0 aromatic heterocycles. The van der Waals surface area contributed by atoms with E-state index in [4.69, 9.17) is 11.6 Å². The fourth-order valence-electron chi connectivity index (χ4n) is 2.33. The van der Waals surface area contributed by atoms with E-state index in [1.54, 1.807) is 0 Å². The summed E-state index contributed by atoms with van der Waals surface area (Å²) < 4.78 is 0. The van der Waals surface area contributed by atoms with E-state index < -0.39 is 0 Å². The Morgan fingerprint density at radius 2 is 1.90 bits per heavy atom. The van der Waals surface area contributed by atoms with Gasteiger partial charge < -0.3 is 10.2 Å². The monoisotopic (exact) mass is 310 g/mol. The molecule has 0 saturated heterocycles. The van der Waals surface area contributed by atoms with Gasteiger partial charge in [0.1, 0.15) is 0 Å². The standard InChI is InChI=1S/C18H31ClN2/c1-6-8-11-21(15(5)7-2)17-10-9-16(18(19)12-17)13-20-14(3)4/h9-10,12,14-15,20H,6-8,11,13H2,1-5H3. The van der Waals surface area contributed by atoms with Crippen LogP contribution in [-0.4, -0.2) is 18.6 Å². The van der Waals surface area contributed by atoms with Gasteiger partial charge in [-0.3, -0.25) is 0 Å². The molecular formula is C18H31ClN2. The van der Waals surface area contributed by atoms with Gasteiger partial charge >= 0.3 is 0 Å². The number of hydrogen-bond acceptors (Lipinski definition) is 2. The van der Waals surface area contributed by atoms with Gasteiger partial charge in [0.05, 0.1) is 0 Å². The lowest BCUT2D eigenvalue weighted by molar-refractivity contribution is 0.587. The number of rotatable bonds is 9. The molecule has 0 spiro atoms. The molecule has 1 atom stereocenters. The highest BCUT2D eigenvalue weighted by molar-refractivity contribution is 6.31. The average molecular weight is 311 g/mol. The third-order valence-electron chi connectivity index (χ3n) is 3.94. The first-order valence-corrected chi connectivity index (χ1v) is 8.65. The molecule has 0 saturated carbocycles. The van der Waals surface area contributed by atoms with E-state index in [0.29, 0.717) is 12.1 Å². The summed E-state index contributed by atoms with van der Waals surface area (Å²) in [5.41, 5.74) is 2.42.